The number of carbonyl (C=O) groups excluding carboxylic acids is 2. The maximum Gasteiger partial charge on any atom is 0.325 e. The monoisotopic (exact) mass is 401 g/mol. The van der Waals surface area contributed by atoms with E-state index in [9.17, 15) is 14.7 Å². The lowest BCUT2D eigenvalue weighted by atomic mass is 9.75. The van der Waals surface area contributed by atoms with Gasteiger partial charge >= 0.3 is 6.03 Å². The highest BCUT2D eigenvalue weighted by Gasteiger charge is 2.54. The Hall–Kier alpha value is -2.54. The van der Waals surface area contributed by atoms with E-state index in [1.54, 1.807) is 13.2 Å². The Labute approximate surface area is 172 Å². The van der Waals surface area contributed by atoms with Crippen molar-refractivity contribution in [2.24, 2.45) is 5.92 Å². The molecule has 1 atom stereocenters. The van der Waals surface area contributed by atoms with Crippen molar-refractivity contribution in [3.63, 3.8) is 0 Å². The van der Waals surface area contributed by atoms with E-state index in [1.165, 1.54) is 4.90 Å². The fraction of sp³-hybridized carbons (Fsp3) is 0.545. The number of likely N-dealkylation sites (tertiary alicyclic amines) is 1. The zero-order valence-electron chi connectivity index (χ0n) is 17.5. The van der Waals surface area contributed by atoms with Crippen molar-refractivity contribution in [3.8, 4) is 11.5 Å². The normalized spacial score (nSPS) is 23.3. The summed E-state index contributed by atoms with van der Waals surface area (Å²) in [5.74, 6) is 0.605. The lowest BCUT2D eigenvalue weighted by molar-refractivity contribution is -0.134. The molecule has 1 aromatic carbocycles. The third kappa shape index (κ3) is 4.10. The second-order valence-electron chi connectivity index (χ2n) is 8.16. The van der Waals surface area contributed by atoms with Crippen molar-refractivity contribution in [2.75, 3.05) is 26.7 Å². The zero-order valence-corrected chi connectivity index (χ0v) is 17.5. The largest absolute Gasteiger partial charge is 0.504 e. The van der Waals surface area contributed by atoms with Gasteiger partial charge in [0, 0.05) is 6.54 Å². The molecule has 0 unspecified atom stereocenters. The molecule has 7 nitrogen and oxygen atoms in total. The molecule has 3 rings (SSSR count). The summed E-state index contributed by atoms with van der Waals surface area (Å²) >= 11 is 0. The Morgan fingerprint density at radius 2 is 2.03 bits per heavy atom. The Morgan fingerprint density at radius 3 is 2.62 bits per heavy atom. The average Bonchev–Trinajstić information content (AvgIpc) is 2.94. The van der Waals surface area contributed by atoms with Crippen molar-refractivity contribution >= 4 is 11.9 Å². The van der Waals surface area contributed by atoms with Crippen LogP contribution in [0.2, 0.25) is 0 Å². The van der Waals surface area contributed by atoms with Crippen LogP contribution in [0.3, 0.4) is 0 Å². The molecule has 2 fully saturated rings. The van der Waals surface area contributed by atoms with Gasteiger partial charge in [0.05, 0.1) is 13.7 Å². The molecule has 2 heterocycles. The first-order valence-electron chi connectivity index (χ1n) is 10.2. The highest BCUT2D eigenvalue weighted by Crippen LogP contribution is 2.37. The first-order chi connectivity index (χ1) is 13.8. The number of rotatable bonds is 7. The van der Waals surface area contributed by atoms with Crippen LogP contribution in [-0.4, -0.2) is 59.1 Å². The first-order valence-corrected chi connectivity index (χ1v) is 10.2. The number of hydrogen-bond donors (Lipinski definition) is 2. The lowest BCUT2D eigenvalue weighted by Crippen LogP contribution is -2.55. The van der Waals surface area contributed by atoms with Gasteiger partial charge in [0.15, 0.2) is 11.5 Å². The van der Waals surface area contributed by atoms with Gasteiger partial charge in [-0.15, -0.1) is 0 Å². The molecule has 0 radical (unpaired) electrons. The predicted octanol–water partition coefficient (Wildman–Crippen LogP) is 2.89. The second kappa shape index (κ2) is 8.45. The molecule has 0 bridgehead atoms. The highest BCUT2D eigenvalue weighted by atomic mass is 16.5. The van der Waals surface area contributed by atoms with Gasteiger partial charge in [-0.05, 0) is 62.9 Å². The first kappa shape index (κ1) is 21.2. The number of aromatic hydroxyl groups is 1. The van der Waals surface area contributed by atoms with E-state index in [4.69, 9.17) is 4.74 Å². The number of carbonyl (C=O) groups is 2. The Morgan fingerprint density at radius 1 is 1.34 bits per heavy atom. The summed E-state index contributed by atoms with van der Waals surface area (Å²) in [5, 5.41) is 12.8. The predicted molar refractivity (Wildman–Crippen MR) is 111 cm³/mol. The van der Waals surface area contributed by atoms with E-state index in [0.717, 1.165) is 43.6 Å². The molecule has 29 heavy (non-hydrogen) atoms. The number of amides is 3. The standard InChI is InChI=1S/C22H31N3O4/c1-5-22(20(27)25(13-15(2)3)21(28)23-22)17-8-10-24(11-9-17)14-16-6-7-18(26)19(12-16)29-4/h6-7,12,17,26H,2,5,8-11,13-14H2,1,3-4H3,(H,23,28)/t22-/m0/s1. The van der Waals surface area contributed by atoms with Crippen LogP contribution in [0, 0.1) is 5.92 Å². The van der Waals surface area contributed by atoms with Crippen LogP contribution in [0.4, 0.5) is 4.79 Å². The Kier molecular flexibility index (Phi) is 6.17. The number of ether oxygens (including phenoxy) is 1. The molecule has 0 aliphatic carbocycles. The van der Waals surface area contributed by atoms with E-state index >= 15 is 0 Å². The fourth-order valence-electron chi connectivity index (χ4n) is 4.53. The van der Waals surface area contributed by atoms with E-state index in [1.807, 2.05) is 26.0 Å². The van der Waals surface area contributed by atoms with Crippen LogP contribution >= 0.6 is 0 Å². The SMILES string of the molecule is C=C(C)CN1C(=O)N[C@@](CC)(C2CCN(Cc3ccc(O)c(OC)c3)CC2)C1=O. The summed E-state index contributed by atoms with van der Waals surface area (Å²) < 4.78 is 5.19. The van der Waals surface area contributed by atoms with Gasteiger partial charge in [-0.3, -0.25) is 14.6 Å². The highest BCUT2D eigenvalue weighted by molar-refractivity contribution is 6.07. The van der Waals surface area contributed by atoms with E-state index in [-0.39, 0.29) is 30.2 Å². The summed E-state index contributed by atoms with van der Waals surface area (Å²) in [7, 11) is 1.54. The number of hydrogen-bond acceptors (Lipinski definition) is 5. The van der Waals surface area contributed by atoms with Crippen molar-refractivity contribution in [1.29, 1.82) is 0 Å². The van der Waals surface area contributed by atoms with Crippen LogP contribution in [-0.2, 0) is 11.3 Å². The van der Waals surface area contributed by atoms with Crippen molar-refractivity contribution in [1.82, 2.24) is 15.1 Å². The molecular weight excluding hydrogens is 370 g/mol. The third-order valence-corrected chi connectivity index (χ3v) is 6.12. The van der Waals surface area contributed by atoms with Crippen molar-refractivity contribution < 1.29 is 19.4 Å². The molecule has 2 aliphatic rings. The van der Waals surface area contributed by atoms with Crippen LogP contribution in [0.15, 0.2) is 30.4 Å². The Bertz CT molecular complexity index is 801. The number of nitrogens with one attached hydrogen (secondary N) is 1. The van der Waals surface area contributed by atoms with E-state index in [0.29, 0.717) is 12.2 Å². The van der Waals surface area contributed by atoms with Gasteiger partial charge in [0.2, 0.25) is 0 Å². The van der Waals surface area contributed by atoms with E-state index < -0.39 is 5.54 Å². The summed E-state index contributed by atoms with van der Waals surface area (Å²) in [4.78, 5) is 29.2. The van der Waals surface area contributed by atoms with Gasteiger partial charge in [0.1, 0.15) is 5.54 Å². The number of nitrogens with zero attached hydrogens (tertiary/aromatic N) is 2. The summed E-state index contributed by atoms with van der Waals surface area (Å²) in [6.07, 6.45) is 2.27. The Balaban J connectivity index is 1.65. The van der Waals surface area contributed by atoms with Gasteiger partial charge in [-0.25, -0.2) is 4.79 Å². The molecule has 7 heteroatoms. The number of urea groups is 1. The zero-order chi connectivity index (χ0) is 21.2. The number of phenols is 1. The van der Waals surface area contributed by atoms with Crippen molar-refractivity contribution in [2.45, 2.75) is 45.2 Å². The summed E-state index contributed by atoms with van der Waals surface area (Å²) in [6, 6.07) is 5.09. The second-order valence-corrected chi connectivity index (χ2v) is 8.16. The molecule has 2 aliphatic heterocycles. The van der Waals surface area contributed by atoms with Crippen molar-refractivity contribution in [3.05, 3.63) is 35.9 Å². The van der Waals surface area contributed by atoms with Crippen LogP contribution in [0.5, 0.6) is 11.5 Å². The van der Waals surface area contributed by atoms with Crippen LogP contribution in [0.25, 0.3) is 0 Å². The molecule has 1 aromatic rings. The summed E-state index contributed by atoms with van der Waals surface area (Å²) in [5.41, 5.74) is 1.06. The topological polar surface area (TPSA) is 82.1 Å². The molecule has 0 saturated carbocycles. The minimum Gasteiger partial charge on any atom is -0.504 e. The number of imide groups is 1. The van der Waals surface area contributed by atoms with Crippen LogP contribution < -0.4 is 10.1 Å². The quantitative estimate of drug-likeness (QED) is 0.542. The van der Waals surface area contributed by atoms with Gasteiger partial charge < -0.3 is 15.2 Å². The molecule has 2 saturated heterocycles. The molecule has 0 aromatic heterocycles. The number of methoxy groups -OCH3 is 1. The molecule has 3 amide bonds. The molecule has 158 valence electrons. The minimum absolute atomic E-state index is 0.115. The average molecular weight is 402 g/mol. The van der Waals surface area contributed by atoms with Gasteiger partial charge in [-0.1, -0.05) is 25.1 Å². The molecule has 0 spiro atoms. The molecular formula is C22H31N3O4. The number of phenolic OH excluding ortho intramolecular Hbond substituents is 1. The van der Waals surface area contributed by atoms with E-state index in [2.05, 4.69) is 16.8 Å². The summed E-state index contributed by atoms with van der Waals surface area (Å²) in [6.45, 7) is 10.3. The minimum atomic E-state index is -0.805. The maximum absolute atomic E-state index is 13.1. The van der Waals surface area contributed by atoms with Gasteiger partial charge in [0.25, 0.3) is 5.91 Å². The number of benzene rings is 1. The maximum atomic E-state index is 13.1. The fourth-order valence-corrected chi connectivity index (χ4v) is 4.53. The molecule has 2 N–H and O–H groups in total. The lowest BCUT2D eigenvalue weighted by Gasteiger charge is -2.40. The third-order valence-electron chi connectivity index (χ3n) is 6.12. The number of piperidine rings is 1. The van der Waals surface area contributed by atoms with Gasteiger partial charge in [-0.2, -0.15) is 0 Å². The van der Waals surface area contributed by atoms with Crippen LogP contribution in [0.1, 0.15) is 38.7 Å². The smallest absolute Gasteiger partial charge is 0.325 e.